The number of benzene rings is 1. The topological polar surface area (TPSA) is 102 Å². The van der Waals surface area contributed by atoms with Crippen molar-refractivity contribution in [3.63, 3.8) is 0 Å². The molecule has 1 aliphatic rings. The summed E-state index contributed by atoms with van der Waals surface area (Å²) in [4.78, 5) is 30.5. The molecular weight excluding hydrogens is 442 g/mol. The average molecular weight is 468 g/mol. The second-order valence-electron chi connectivity index (χ2n) is 8.13. The number of ether oxygens (including phenoxy) is 1. The first-order chi connectivity index (χ1) is 15.9. The number of halogens is 1. The Kier molecular flexibility index (Phi) is 6.67. The Morgan fingerprint density at radius 3 is 2.64 bits per heavy atom. The predicted molar refractivity (Wildman–Crippen MR) is 128 cm³/mol. The number of carbonyl (C=O) groups excluding carboxylic acids is 2. The van der Waals surface area contributed by atoms with Crippen LogP contribution < -0.4 is 11.1 Å². The number of amides is 2. The van der Waals surface area contributed by atoms with Crippen LogP contribution in [0.5, 0.6) is 0 Å². The van der Waals surface area contributed by atoms with Crippen LogP contribution in [0.1, 0.15) is 34.3 Å². The molecule has 8 nitrogen and oxygen atoms in total. The predicted octanol–water partition coefficient (Wildman–Crippen LogP) is 4.37. The Morgan fingerprint density at radius 2 is 1.94 bits per heavy atom. The Morgan fingerprint density at radius 1 is 1.18 bits per heavy atom. The van der Waals surface area contributed by atoms with E-state index in [1.54, 1.807) is 23.0 Å². The third-order valence-electron chi connectivity index (χ3n) is 5.79. The molecule has 0 spiro atoms. The number of hydrogen-bond acceptors (Lipinski definition) is 5. The molecule has 0 radical (unpaired) electrons. The number of hydrogen-bond donors (Lipinski definition) is 2. The number of rotatable bonds is 6. The third-order valence-corrected chi connectivity index (χ3v) is 6.12. The summed E-state index contributed by atoms with van der Waals surface area (Å²) in [6.07, 6.45) is 6.94. The van der Waals surface area contributed by atoms with E-state index in [0.29, 0.717) is 22.0 Å². The van der Waals surface area contributed by atoms with E-state index < -0.39 is 12.0 Å². The molecule has 2 aromatic heterocycles. The Balaban J connectivity index is 1.75. The van der Waals surface area contributed by atoms with Gasteiger partial charge in [-0.1, -0.05) is 17.7 Å². The van der Waals surface area contributed by atoms with Gasteiger partial charge in [-0.15, -0.1) is 0 Å². The lowest BCUT2D eigenvalue weighted by Gasteiger charge is -2.16. The quantitative estimate of drug-likeness (QED) is 0.560. The molecule has 1 aliphatic heterocycles. The lowest BCUT2D eigenvalue weighted by molar-refractivity contribution is 0.100. The number of pyridine rings is 1. The average Bonchev–Trinajstić information content (AvgIpc) is 3.46. The summed E-state index contributed by atoms with van der Waals surface area (Å²) >= 11 is 6.56. The van der Waals surface area contributed by atoms with Crippen molar-refractivity contribution in [2.45, 2.75) is 26.3 Å². The van der Waals surface area contributed by atoms with Crippen LogP contribution in [0.4, 0.5) is 10.6 Å². The fraction of sp³-hybridized carbons (Fsp3) is 0.292. The zero-order valence-electron chi connectivity index (χ0n) is 18.6. The fourth-order valence-electron chi connectivity index (χ4n) is 4.10. The molecule has 0 atom stereocenters. The van der Waals surface area contributed by atoms with Crippen LogP contribution in [0.2, 0.25) is 5.02 Å². The molecule has 3 N–H and O–H groups in total. The van der Waals surface area contributed by atoms with Gasteiger partial charge >= 0.3 is 6.09 Å². The molecule has 0 unspecified atom stereocenters. The standard InChI is InChI=1S/C24H26ClN5O3/c1-15-11-27-22(28-24(32)33-2)10-21(15)30-13-18(19(14-30)23(26)31)17-9-16(5-6-20(17)25)12-29-7-3-4-8-29/h5-6,9-11,13-14H,3-4,7-8,12H2,1-2H3,(H2,26,31)(H,27,28,32). The van der Waals surface area contributed by atoms with Crippen molar-refractivity contribution in [1.82, 2.24) is 14.5 Å². The second kappa shape index (κ2) is 9.64. The molecule has 2 amide bonds. The number of methoxy groups -OCH3 is 1. The van der Waals surface area contributed by atoms with Gasteiger partial charge in [-0.3, -0.25) is 15.0 Å². The van der Waals surface area contributed by atoms with E-state index in [2.05, 4.69) is 19.9 Å². The van der Waals surface area contributed by atoms with Gasteiger partial charge in [-0.05, 0) is 56.1 Å². The van der Waals surface area contributed by atoms with Crippen LogP contribution >= 0.6 is 11.6 Å². The number of aryl methyl sites for hydroxylation is 1. The number of primary amides is 1. The molecule has 33 heavy (non-hydrogen) atoms. The number of nitrogens with two attached hydrogens (primary N) is 1. The number of anilines is 1. The van der Waals surface area contributed by atoms with Gasteiger partial charge in [-0.2, -0.15) is 0 Å². The maximum absolute atomic E-state index is 12.3. The lowest BCUT2D eigenvalue weighted by Crippen LogP contribution is -2.18. The van der Waals surface area contributed by atoms with E-state index in [1.807, 2.05) is 31.3 Å². The van der Waals surface area contributed by atoms with Crippen molar-refractivity contribution in [1.29, 1.82) is 0 Å². The zero-order chi connectivity index (χ0) is 23.5. The van der Waals surface area contributed by atoms with Crippen LogP contribution in [0.3, 0.4) is 0 Å². The summed E-state index contributed by atoms with van der Waals surface area (Å²) in [7, 11) is 1.28. The van der Waals surface area contributed by atoms with Gasteiger partial charge in [0.05, 0.1) is 18.4 Å². The van der Waals surface area contributed by atoms with Crippen LogP contribution in [0, 0.1) is 6.92 Å². The summed E-state index contributed by atoms with van der Waals surface area (Å²) in [5.74, 6) is -0.228. The van der Waals surface area contributed by atoms with E-state index in [-0.39, 0.29) is 0 Å². The van der Waals surface area contributed by atoms with Crippen molar-refractivity contribution < 1.29 is 14.3 Å². The molecule has 172 valence electrons. The molecule has 0 aliphatic carbocycles. The summed E-state index contributed by atoms with van der Waals surface area (Å²) in [6.45, 7) is 4.90. The first-order valence-corrected chi connectivity index (χ1v) is 11.1. The van der Waals surface area contributed by atoms with Gasteiger partial charge in [0.1, 0.15) is 5.82 Å². The maximum Gasteiger partial charge on any atom is 0.412 e. The van der Waals surface area contributed by atoms with Crippen molar-refractivity contribution in [2.75, 3.05) is 25.5 Å². The number of likely N-dealkylation sites (tertiary alicyclic amines) is 1. The lowest BCUT2D eigenvalue weighted by atomic mass is 10.0. The van der Waals surface area contributed by atoms with Crippen molar-refractivity contribution >= 4 is 29.4 Å². The molecule has 3 aromatic rings. The van der Waals surface area contributed by atoms with E-state index in [1.165, 1.54) is 20.0 Å². The molecule has 0 bridgehead atoms. The smallest absolute Gasteiger partial charge is 0.412 e. The minimum absolute atomic E-state index is 0.323. The Hall–Kier alpha value is -3.36. The molecule has 1 fully saturated rings. The van der Waals surface area contributed by atoms with Crippen LogP contribution in [0.15, 0.2) is 42.9 Å². The van der Waals surface area contributed by atoms with Crippen molar-refractivity contribution in [3.8, 4) is 16.8 Å². The summed E-state index contributed by atoms with van der Waals surface area (Å²) in [5, 5.41) is 3.09. The third kappa shape index (κ3) is 5.02. The van der Waals surface area contributed by atoms with Gasteiger partial charge in [0, 0.05) is 47.4 Å². The van der Waals surface area contributed by atoms with Crippen molar-refractivity contribution in [3.05, 3.63) is 64.6 Å². The van der Waals surface area contributed by atoms with E-state index in [4.69, 9.17) is 17.3 Å². The minimum Gasteiger partial charge on any atom is -0.453 e. The highest BCUT2D eigenvalue weighted by Crippen LogP contribution is 2.34. The zero-order valence-corrected chi connectivity index (χ0v) is 19.4. The monoisotopic (exact) mass is 467 g/mol. The molecule has 3 heterocycles. The number of carbonyl (C=O) groups is 2. The maximum atomic E-state index is 12.3. The summed E-state index contributed by atoms with van der Waals surface area (Å²) < 4.78 is 6.43. The van der Waals surface area contributed by atoms with Crippen molar-refractivity contribution in [2.24, 2.45) is 5.73 Å². The molecule has 9 heteroatoms. The highest BCUT2D eigenvalue weighted by Gasteiger charge is 2.19. The summed E-state index contributed by atoms with van der Waals surface area (Å²) in [5.41, 5.74) is 10.2. The normalized spacial score (nSPS) is 13.8. The second-order valence-corrected chi connectivity index (χ2v) is 8.53. The van der Waals surface area contributed by atoms with Gasteiger partial charge < -0.3 is 15.0 Å². The number of nitrogens with one attached hydrogen (secondary N) is 1. The number of aromatic nitrogens is 2. The fourth-order valence-corrected chi connectivity index (χ4v) is 4.32. The van der Waals surface area contributed by atoms with Gasteiger partial charge in [-0.25, -0.2) is 9.78 Å². The number of nitrogens with zero attached hydrogens (tertiary/aromatic N) is 3. The van der Waals surface area contributed by atoms with Gasteiger partial charge in [0.25, 0.3) is 5.91 Å². The van der Waals surface area contributed by atoms with E-state index in [0.717, 1.165) is 42.0 Å². The van der Waals surface area contributed by atoms with Crippen LogP contribution in [-0.2, 0) is 11.3 Å². The first kappa shape index (κ1) is 22.8. The Labute approximate surface area is 197 Å². The molecule has 0 saturated carbocycles. The first-order valence-electron chi connectivity index (χ1n) is 10.7. The van der Waals surface area contributed by atoms with Gasteiger partial charge in [0.15, 0.2) is 0 Å². The highest BCUT2D eigenvalue weighted by molar-refractivity contribution is 6.33. The molecular formula is C24H26ClN5O3. The molecule has 4 rings (SSSR count). The summed E-state index contributed by atoms with van der Waals surface area (Å²) in [6, 6.07) is 7.60. The molecule has 1 saturated heterocycles. The Bertz CT molecular complexity index is 1200. The minimum atomic E-state index is -0.620. The van der Waals surface area contributed by atoms with Gasteiger partial charge in [0.2, 0.25) is 0 Å². The highest BCUT2D eigenvalue weighted by atomic mass is 35.5. The SMILES string of the molecule is COC(=O)Nc1cc(-n2cc(C(N)=O)c(-c3cc(CN4CCCC4)ccc3Cl)c2)c(C)cn1. The van der Waals surface area contributed by atoms with Crippen LogP contribution in [-0.4, -0.2) is 46.7 Å². The largest absolute Gasteiger partial charge is 0.453 e. The molecule has 1 aromatic carbocycles. The van der Waals surface area contributed by atoms with E-state index >= 15 is 0 Å². The van der Waals surface area contributed by atoms with E-state index in [9.17, 15) is 9.59 Å². The van der Waals surface area contributed by atoms with Crippen LogP contribution in [0.25, 0.3) is 16.8 Å².